The summed E-state index contributed by atoms with van der Waals surface area (Å²) in [6.45, 7) is 3.83. The number of anilines is 1. The van der Waals surface area contributed by atoms with Gasteiger partial charge in [-0.3, -0.25) is 14.4 Å². The van der Waals surface area contributed by atoms with Gasteiger partial charge in [0.05, 0.1) is 18.7 Å². The summed E-state index contributed by atoms with van der Waals surface area (Å²) in [7, 11) is 0. The fourth-order valence-corrected chi connectivity index (χ4v) is 6.65. The molecule has 180 valence electrons. The van der Waals surface area contributed by atoms with E-state index in [0.29, 0.717) is 34.1 Å². The van der Waals surface area contributed by atoms with E-state index in [4.69, 9.17) is 16.3 Å². The van der Waals surface area contributed by atoms with Crippen molar-refractivity contribution in [3.8, 4) is 5.75 Å². The van der Waals surface area contributed by atoms with Crippen molar-refractivity contribution < 1.29 is 19.1 Å². The molecule has 6 heteroatoms. The molecular weight excluding hydrogens is 474 g/mol. The van der Waals surface area contributed by atoms with Gasteiger partial charge in [0, 0.05) is 33.3 Å². The molecule has 6 rings (SSSR count). The van der Waals surface area contributed by atoms with Crippen LogP contribution in [0.4, 0.5) is 5.69 Å². The molecule has 0 saturated carbocycles. The fourth-order valence-electron chi connectivity index (χ4n) is 6.47. The van der Waals surface area contributed by atoms with E-state index in [2.05, 4.69) is 0 Å². The molecule has 2 aliphatic heterocycles. The van der Waals surface area contributed by atoms with E-state index in [1.54, 1.807) is 30.3 Å². The van der Waals surface area contributed by atoms with Gasteiger partial charge in [-0.25, -0.2) is 0 Å². The van der Waals surface area contributed by atoms with Gasteiger partial charge in [0.25, 0.3) is 0 Å². The first-order valence-electron chi connectivity index (χ1n) is 12.1. The van der Waals surface area contributed by atoms with Gasteiger partial charge in [0.2, 0.25) is 0 Å². The normalized spacial score (nSPS) is 23.0. The van der Waals surface area contributed by atoms with Gasteiger partial charge in [-0.05, 0) is 43.7 Å². The average molecular weight is 498 g/mol. The van der Waals surface area contributed by atoms with Crippen molar-refractivity contribution in [2.75, 3.05) is 11.5 Å². The predicted molar refractivity (Wildman–Crippen MR) is 139 cm³/mol. The zero-order valence-corrected chi connectivity index (χ0v) is 20.7. The second-order valence-electron chi connectivity index (χ2n) is 9.49. The summed E-state index contributed by atoms with van der Waals surface area (Å²) in [5, 5.41) is 0.573. The molecule has 3 atom stereocenters. The monoisotopic (exact) mass is 497 g/mol. The van der Waals surface area contributed by atoms with Crippen LogP contribution < -0.4 is 9.64 Å². The minimum atomic E-state index is -1.51. The summed E-state index contributed by atoms with van der Waals surface area (Å²) in [6, 6.07) is 18.5. The smallest absolute Gasteiger partial charge is 0.180 e. The SMILES string of the molecule is CCOc1ccccc1C1C(C(C)=O)N2c3ccc(Cl)cc3C=CC2C12C(=O)c1ccccc1C2=O. The molecule has 0 N–H and O–H groups in total. The Bertz CT molecular complexity index is 1440. The van der Waals surface area contributed by atoms with Crippen molar-refractivity contribution >= 4 is 40.7 Å². The molecule has 5 nitrogen and oxygen atoms in total. The number of rotatable bonds is 4. The van der Waals surface area contributed by atoms with E-state index in [0.717, 1.165) is 11.3 Å². The van der Waals surface area contributed by atoms with Crippen LogP contribution in [0.15, 0.2) is 72.8 Å². The maximum absolute atomic E-state index is 14.4. The highest BCUT2D eigenvalue weighted by atomic mass is 35.5. The second kappa shape index (κ2) is 8.17. The van der Waals surface area contributed by atoms with Crippen molar-refractivity contribution in [2.24, 2.45) is 5.41 Å². The Labute approximate surface area is 214 Å². The Morgan fingerprint density at radius 3 is 2.33 bits per heavy atom. The highest BCUT2D eigenvalue weighted by Gasteiger charge is 2.71. The number of carbonyl (C=O) groups is 3. The number of ketones is 3. The van der Waals surface area contributed by atoms with E-state index < -0.39 is 23.4 Å². The fraction of sp³-hybridized carbons (Fsp3) is 0.233. The molecule has 1 saturated heterocycles. The number of benzene rings is 3. The van der Waals surface area contributed by atoms with Crippen LogP contribution in [0.2, 0.25) is 5.02 Å². The quantitative estimate of drug-likeness (QED) is 0.429. The van der Waals surface area contributed by atoms with Crippen LogP contribution >= 0.6 is 11.6 Å². The Morgan fingerprint density at radius 1 is 1.00 bits per heavy atom. The zero-order valence-electron chi connectivity index (χ0n) is 19.9. The van der Waals surface area contributed by atoms with Gasteiger partial charge in [-0.2, -0.15) is 0 Å². The summed E-state index contributed by atoms with van der Waals surface area (Å²) < 4.78 is 5.98. The lowest BCUT2D eigenvalue weighted by Gasteiger charge is -2.37. The molecule has 0 bridgehead atoms. The average Bonchev–Trinajstić information content (AvgIpc) is 3.31. The summed E-state index contributed by atoms with van der Waals surface area (Å²) in [4.78, 5) is 44.3. The third-order valence-corrected chi connectivity index (χ3v) is 7.97. The molecule has 2 heterocycles. The maximum Gasteiger partial charge on any atom is 0.180 e. The third kappa shape index (κ3) is 2.86. The summed E-state index contributed by atoms with van der Waals surface area (Å²) in [5.41, 5.74) is 1.60. The molecule has 0 amide bonds. The third-order valence-electron chi connectivity index (χ3n) is 7.74. The molecule has 36 heavy (non-hydrogen) atoms. The van der Waals surface area contributed by atoms with Gasteiger partial charge in [-0.15, -0.1) is 0 Å². The molecular formula is C30H24ClNO4. The summed E-state index contributed by atoms with van der Waals surface area (Å²) >= 11 is 6.28. The lowest BCUT2D eigenvalue weighted by Crippen LogP contribution is -2.48. The molecule has 0 aromatic heterocycles. The Balaban J connectivity index is 1.69. The standard InChI is InChI=1S/C30H24ClNO4/c1-3-36-24-11-7-6-10-22(24)26-27(17(2)33)32-23-14-13-19(31)16-18(23)12-15-25(32)30(26)28(34)20-8-4-5-9-21(20)29(30)35/h4-16,25-27H,3H2,1-2H3. The number of hydrogen-bond acceptors (Lipinski definition) is 5. The number of halogens is 1. The van der Waals surface area contributed by atoms with Crippen LogP contribution in [0.1, 0.15) is 51.6 Å². The second-order valence-corrected chi connectivity index (χ2v) is 9.93. The first-order chi connectivity index (χ1) is 17.4. The minimum absolute atomic E-state index is 0.124. The molecule has 1 aliphatic carbocycles. The lowest BCUT2D eigenvalue weighted by atomic mass is 9.64. The van der Waals surface area contributed by atoms with E-state index in [1.165, 1.54) is 6.92 Å². The van der Waals surface area contributed by atoms with E-state index in [-0.39, 0.29) is 17.3 Å². The van der Waals surface area contributed by atoms with Crippen molar-refractivity contribution in [3.05, 3.63) is 100 Å². The molecule has 1 fully saturated rings. The lowest BCUT2D eigenvalue weighted by molar-refractivity contribution is -0.118. The van der Waals surface area contributed by atoms with Crippen molar-refractivity contribution in [2.45, 2.75) is 31.8 Å². The van der Waals surface area contributed by atoms with Crippen LogP contribution in [-0.2, 0) is 4.79 Å². The van der Waals surface area contributed by atoms with Gasteiger partial charge < -0.3 is 9.64 Å². The Kier molecular flexibility index (Phi) is 5.16. The molecule has 1 spiro atoms. The first-order valence-corrected chi connectivity index (χ1v) is 12.5. The molecule has 3 aliphatic rings. The van der Waals surface area contributed by atoms with Crippen molar-refractivity contribution in [3.63, 3.8) is 0 Å². The molecule has 3 unspecified atom stereocenters. The molecule has 3 aromatic rings. The van der Waals surface area contributed by atoms with Crippen LogP contribution in [0.3, 0.4) is 0 Å². The van der Waals surface area contributed by atoms with Crippen molar-refractivity contribution in [1.29, 1.82) is 0 Å². The number of ether oxygens (including phenoxy) is 1. The molecule has 3 aromatic carbocycles. The van der Waals surface area contributed by atoms with Gasteiger partial charge in [0.1, 0.15) is 11.2 Å². The predicted octanol–water partition coefficient (Wildman–Crippen LogP) is 5.76. The Hall–Kier alpha value is -3.70. The number of carbonyl (C=O) groups excluding carboxylic acids is 3. The highest BCUT2D eigenvalue weighted by molar-refractivity contribution is 6.32. The summed E-state index contributed by atoms with van der Waals surface area (Å²) in [5.74, 6) is -0.796. The Morgan fingerprint density at radius 2 is 1.67 bits per heavy atom. The largest absolute Gasteiger partial charge is 0.494 e. The van der Waals surface area contributed by atoms with E-state index in [9.17, 15) is 14.4 Å². The summed E-state index contributed by atoms with van der Waals surface area (Å²) in [6.07, 6.45) is 3.79. The van der Waals surface area contributed by atoms with E-state index >= 15 is 0 Å². The van der Waals surface area contributed by atoms with Crippen LogP contribution in [0, 0.1) is 5.41 Å². The molecule has 0 radical (unpaired) electrons. The number of nitrogens with zero attached hydrogens (tertiary/aromatic N) is 1. The highest BCUT2D eigenvalue weighted by Crippen LogP contribution is 2.61. The minimum Gasteiger partial charge on any atom is -0.494 e. The number of fused-ring (bicyclic) bond motifs is 5. The van der Waals surface area contributed by atoms with E-state index in [1.807, 2.05) is 60.4 Å². The van der Waals surface area contributed by atoms with Crippen LogP contribution in [0.5, 0.6) is 5.75 Å². The number of Topliss-reactive ketones (excluding diaryl/α,β-unsaturated/α-hetero) is 3. The van der Waals surface area contributed by atoms with Gasteiger partial charge in [0.15, 0.2) is 17.3 Å². The van der Waals surface area contributed by atoms with Gasteiger partial charge >= 0.3 is 0 Å². The number of hydrogen-bond donors (Lipinski definition) is 0. The van der Waals surface area contributed by atoms with Crippen LogP contribution in [0.25, 0.3) is 6.08 Å². The van der Waals surface area contributed by atoms with Crippen LogP contribution in [-0.4, -0.2) is 36.0 Å². The van der Waals surface area contributed by atoms with Crippen molar-refractivity contribution in [1.82, 2.24) is 0 Å². The van der Waals surface area contributed by atoms with Gasteiger partial charge in [-0.1, -0.05) is 66.2 Å². The topological polar surface area (TPSA) is 63.7 Å². The first kappa shape index (κ1) is 22.7. The number of para-hydroxylation sites is 1. The zero-order chi connectivity index (χ0) is 25.2. The maximum atomic E-state index is 14.4.